The first-order chi connectivity index (χ1) is 7.31. The molecule has 0 aromatic carbocycles. The van der Waals surface area contributed by atoms with Crippen LogP contribution in [-0.2, 0) is 0 Å². The van der Waals surface area contributed by atoms with Crippen molar-refractivity contribution in [3.05, 3.63) is 0 Å². The Kier molecular flexibility index (Phi) is 5.86. The molecular formula is C12H24IN3. The summed E-state index contributed by atoms with van der Waals surface area (Å²) in [6, 6.07) is 0.540. The summed E-state index contributed by atoms with van der Waals surface area (Å²) in [5.74, 6) is 1.62. The molecule has 0 bridgehead atoms. The van der Waals surface area contributed by atoms with Crippen molar-refractivity contribution in [1.82, 2.24) is 4.90 Å². The standard InChI is InChI=1S/C12H23N3.HI/c1-2-10-9-11(10)14-12(13)15-7-5-3-4-6-8-15;/h10-11H,2-9H2,1H3,(H2,13,14);1H/t10-,11-;/m1./s1. The van der Waals surface area contributed by atoms with Crippen molar-refractivity contribution in [2.75, 3.05) is 13.1 Å². The van der Waals surface area contributed by atoms with Crippen molar-refractivity contribution < 1.29 is 0 Å². The van der Waals surface area contributed by atoms with Gasteiger partial charge in [-0.2, -0.15) is 0 Å². The lowest BCUT2D eigenvalue weighted by molar-refractivity contribution is 0.428. The average Bonchev–Trinajstić information content (AvgIpc) is 2.99. The molecule has 2 fully saturated rings. The van der Waals surface area contributed by atoms with E-state index in [1.807, 2.05) is 0 Å². The maximum absolute atomic E-state index is 6.05. The van der Waals surface area contributed by atoms with Gasteiger partial charge in [0.05, 0.1) is 6.04 Å². The minimum Gasteiger partial charge on any atom is -0.370 e. The highest BCUT2D eigenvalue weighted by Gasteiger charge is 2.35. The van der Waals surface area contributed by atoms with Crippen molar-refractivity contribution in [3.63, 3.8) is 0 Å². The Morgan fingerprint density at radius 3 is 2.38 bits per heavy atom. The molecule has 2 rings (SSSR count). The molecule has 0 radical (unpaired) electrons. The van der Waals surface area contributed by atoms with Gasteiger partial charge in [0.1, 0.15) is 0 Å². The lowest BCUT2D eigenvalue weighted by Crippen LogP contribution is -2.38. The van der Waals surface area contributed by atoms with Crippen LogP contribution in [0.4, 0.5) is 0 Å². The van der Waals surface area contributed by atoms with E-state index >= 15 is 0 Å². The van der Waals surface area contributed by atoms with Gasteiger partial charge in [0.15, 0.2) is 5.96 Å². The maximum Gasteiger partial charge on any atom is 0.191 e. The van der Waals surface area contributed by atoms with E-state index in [-0.39, 0.29) is 24.0 Å². The Bertz CT molecular complexity index is 234. The third kappa shape index (κ3) is 3.79. The van der Waals surface area contributed by atoms with E-state index in [0.717, 1.165) is 25.0 Å². The second-order valence-corrected chi connectivity index (χ2v) is 4.86. The second kappa shape index (κ2) is 6.67. The van der Waals surface area contributed by atoms with Crippen LogP contribution >= 0.6 is 24.0 Å². The second-order valence-electron chi connectivity index (χ2n) is 4.86. The number of likely N-dealkylation sites (tertiary alicyclic amines) is 1. The van der Waals surface area contributed by atoms with Gasteiger partial charge in [0, 0.05) is 13.1 Å². The van der Waals surface area contributed by atoms with Crippen LogP contribution in [0.3, 0.4) is 0 Å². The summed E-state index contributed by atoms with van der Waals surface area (Å²) in [5, 5.41) is 0. The molecule has 16 heavy (non-hydrogen) atoms. The Balaban J connectivity index is 0.00000128. The van der Waals surface area contributed by atoms with E-state index in [1.54, 1.807) is 0 Å². The zero-order valence-electron chi connectivity index (χ0n) is 10.2. The molecule has 0 aromatic rings. The number of hydrogen-bond donors (Lipinski definition) is 1. The zero-order chi connectivity index (χ0) is 10.7. The number of hydrogen-bond acceptors (Lipinski definition) is 1. The minimum atomic E-state index is 0. The summed E-state index contributed by atoms with van der Waals surface area (Å²) in [6.07, 6.45) is 7.76. The van der Waals surface area contributed by atoms with Gasteiger partial charge in [0.2, 0.25) is 0 Å². The van der Waals surface area contributed by atoms with Crippen LogP contribution in [0.25, 0.3) is 0 Å². The van der Waals surface area contributed by atoms with E-state index in [4.69, 9.17) is 5.73 Å². The molecule has 0 spiro atoms. The molecule has 0 amide bonds. The molecule has 1 heterocycles. The number of guanidine groups is 1. The highest BCUT2D eigenvalue weighted by atomic mass is 127. The van der Waals surface area contributed by atoms with Crippen LogP contribution in [0.1, 0.15) is 45.4 Å². The van der Waals surface area contributed by atoms with Gasteiger partial charge in [-0.1, -0.05) is 26.2 Å². The summed E-state index contributed by atoms with van der Waals surface area (Å²) in [7, 11) is 0. The lowest BCUT2D eigenvalue weighted by atomic mass is 10.2. The van der Waals surface area contributed by atoms with Crippen LogP contribution in [0.15, 0.2) is 4.99 Å². The first-order valence-corrected chi connectivity index (χ1v) is 6.39. The predicted octanol–water partition coefficient (Wildman–Crippen LogP) is 2.59. The SMILES string of the molecule is CC[C@@H]1C[C@H]1N=C(N)N1CCCCCC1.I. The monoisotopic (exact) mass is 337 g/mol. The average molecular weight is 337 g/mol. The summed E-state index contributed by atoms with van der Waals surface area (Å²) in [5.41, 5.74) is 6.05. The molecule has 2 atom stereocenters. The molecule has 1 saturated heterocycles. The summed E-state index contributed by atoms with van der Waals surface area (Å²) >= 11 is 0. The van der Waals surface area contributed by atoms with Gasteiger partial charge in [-0.05, 0) is 25.2 Å². The van der Waals surface area contributed by atoms with E-state index in [1.165, 1.54) is 38.5 Å². The molecule has 3 nitrogen and oxygen atoms in total. The van der Waals surface area contributed by atoms with Gasteiger partial charge in [-0.25, -0.2) is 4.99 Å². The molecular weight excluding hydrogens is 313 g/mol. The quantitative estimate of drug-likeness (QED) is 0.478. The largest absolute Gasteiger partial charge is 0.370 e. The lowest BCUT2D eigenvalue weighted by Gasteiger charge is -2.21. The van der Waals surface area contributed by atoms with E-state index < -0.39 is 0 Å². The third-order valence-corrected chi connectivity index (χ3v) is 3.64. The molecule has 2 aliphatic rings. The summed E-state index contributed by atoms with van der Waals surface area (Å²) < 4.78 is 0. The number of nitrogens with two attached hydrogens (primary N) is 1. The van der Waals surface area contributed by atoms with Crippen LogP contribution in [0.2, 0.25) is 0 Å². The Morgan fingerprint density at radius 2 is 1.88 bits per heavy atom. The highest BCUT2D eigenvalue weighted by Crippen LogP contribution is 2.36. The fourth-order valence-corrected chi connectivity index (χ4v) is 2.38. The van der Waals surface area contributed by atoms with Crippen molar-refractivity contribution >= 4 is 29.9 Å². The smallest absolute Gasteiger partial charge is 0.191 e. The molecule has 4 heteroatoms. The normalized spacial score (nSPS) is 30.6. The van der Waals surface area contributed by atoms with E-state index in [0.29, 0.717) is 6.04 Å². The third-order valence-electron chi connectivity index (χ3n) is 3.64. The predicted molar refractivity (Wildman–Crippen MR) is 79.3 cm³/mol. The number of rotatable bonds is 2. The van der Waals surface area contributed by atoms with Gasteiger partial charge in [-0.15, -0.1) is 24.0 Å². The fourth-order valence-electron chi connectivity index (χ4n) is 2.38. The maximum atomic E-state index is 6.05. The number of halogens is 1. The topological polar surface area (TPSA) is 41.6 Å². The molecule has 94 valence electrons. The highest BCUT2D eigenvalue weighted by molar-refractivity contribution is 14.0. The molecule has 1 aliphatic heterocycles. The van der Waals surface area contributed by atoms with Gasteiger partial charge >= 0.3 is 0 Å². The van der Waals surface area contributed by atoms with Crippen molar-refractivity contribution in [2.24, 2.45) is 16.6 Å². The van der Waals surface area contributed by atoms with Gasteiger partial charge in [-0.3, -0.25) is 0 Å². The summed E-state index contributed by atoms with van der Waals surface area (Å²) in [4.78, 5) is 6.90. The molecule has 0 aromatic heterocycles. The van der Waals surface area contributed by atoms with E-state index in [9.17, 15) is 0 Å². The minimum absolute atomic E-state index is 0. The Morgan fingerprint density at radius 1 is 1.25 bits per heavy atom. The first kappa shape index (κ1) is 14.1. The van der Waals surface area contributed by atoms with Crippen LogP contribution in [0, 0.1) is 5.92 Å². The van der Waals surface area contributed by atoms with E-state index in [2.05, 4.69) is 16.8 Å². The van der Waals surface area contributed by atoms with Crippen LogP contribution in [-0.4, -0.2) is 30.0 Å². The molecule has 0 unspecified atom stereocenters. The molecule has 1 aliphatic carbocycles. The van der Waals surface area contributed by atoms with Crippen LogP contribution < -0.4 is 5.73 Å². The van der Waals surface area contributed by atoms with Gasteiger partial charge in [0.25, 0.3) is 0 Å². The summed E-state index contributed by atoms with van der Waals surface area (Å²) in [6.45, 7) is 4.46. The Hall–Kier alpha value is 0. The van der Waals surface area contributed by atoms with Gasteiger partial charge < -0.3 is 10.6 Å². The fraction of sp³-hybridized carbons (Fsp3) is 0.917. The number of nitrogens with zero attached hydrogens (tertiary/aromatic N) is 2. The van der Waals surface area contributed by atoms with Crippen molar-refractivity contribution in [2.45, 2.75) is 51.5 Å². The van der Waals surface area contributed by atoms with Crippen LogP contribution in [0.5, 0.6) is 0 Å². The first-order valence-electron chi connectivity index (χ1n) is 6.39. The van der Waals surface area contributed by atoms with Crippen molar-refractivity contribution in [1.29, 1.82) is 0 Å². The zero-order valence-corrected chi connectivity index (χ0v) is 12.5. The number of aliphatic imine (C=N–C) groups is 1. The van der Waals surface area contributed by atoms with Crippen molar-refractivity contribution in [3.8, 4) is 0 Å². The molecule has 1 saturated carbocycles. The Labute approximate surface area is 116 Å². The molecule has 2 N–H and O–H groups in total.